The summed E-state index contributed by atoms with van der Waals surface area (Å²) in [6, 6.07) is 14.6. The molecular weight excluding hydrogens is 366 g/mol. The molecule has 2 unspecified atom stereocenters. The number of benzene rings is 2. The number of hydrogen-bond donors (Lipinski definition) is 2. The van der Waals surface area contributed by atoms with Gasteiger partial charge in [-0.05, 0) is 55.5 Å². The molecule has 1 fully saturated rings. The van der Waals surface area contributed by atoms with Crippen LogP contribution in [0, 0.1) is 5.92 Å². The summed E-state index contributed by atoms with van der Waals surface area (Å²) in [6.45, 7) is 0.872. The summed E-state index contributed by atoms with van der Waals surface area (Å²) < 4.78 is 0. The van der Waals surface area contributed by atoms with Crippen molar-refractivity contribution in [3.8, 4) is 0 Å². The van der Waals surface area contributed by atoms with E-state index >= 15 is 0 Å². The van der Waals surface area contributed by atoms with E-state index in [0.29, 0.717) is 42.1 Å². The van der Waals surface area contributed by atoms with Gasteiger partial charge < -0.3 is 11.1 Å². The van der Waals surface area contributed by atoms with Crippen LogP contribution in [-0.4, -0.2) is 41.8 Å². The van der Waals surface area contributed by atoms with Crippen molar-refractivity contribution in [2.24, 2.45) is 11.7 Å². The Bertz CT molecular complexity index is 942. The molecular formula is C23H25N3O3. The van der Waals surface area contributed by atoms with E-state index in [1.807, 2.05) is 30.3 Å². The largest absolute Gasteiger partial charge is 0.349 e. The van der Waals surface area contributed by atoms with Gasteiger partial charge in [-0.2, -0.15) is 0 Å². The first-order chi connectivity index (χ1) is 14.1. The fraction of sp³-hybridized carbons (Fsp3) is 0.348. The third-order valence-electron chi connectivity index (χ3n) is 5.98. The number of fused-ring (bicyclic) bond motifs is 1. The Hall–Kier alpha value is -2.99. The van der Waals surface area contributed by atoms with Gasteiger partial charge in [0.2, 0.25) is 0 Å². The topological polar surface area (TPSA) is 92.5 Å². The van der Waals surface area contributed by atoms with Gasteiger partial charge in [-0.15, -0.1) is 0 Å². The monoisotopic (exact) mass is 391 g/mol. The van der Waals surface area contributed by atoms with Gasteiger partial charge in [0, 0.05) is 18.2 Å². The highest BCUT2D eigenvalue weighted by atomic mass is 16.2. The summed E-state index contributed by atoms with van der Waals surface area (Å²) >= 11 is 0. The van der Waals surface area contributed by atoms with E-state index in [2.05, 4.69) is 5.32 Å². The minimum atomic E-state index is -0.337. The average molecular weight is 391 g/mol. The fourth-order valence-corrected chi connectivity index (χ4v) is 4.28. The zero-order valence-corrected chi connectivity index (χ0v) is 16.3. The van der Waals surface area contributed by atoms with Crippen molar-refractivity contribution in [1.82, 2.24) is 10.2 Å². The van der Waals surface area contributed by atoms with Gasteiger partial charge >= 0.3 is 0 Å². The van der Waals surface area contributed by atoms with E-state index in [9.17, 15) is 14.4 Å². The van der Waals surface area contributed by atoms with Crippen LogP contribution < -0.4 is 11.1 Å². The predicted octanol–water partition coefficient (Wildman–Crippen LogP) is 2.38. The quantitative estimate of drug-likeness (QED) is 0.740. The van der Waals surface area contributed by atoms with E-state index in [-0.39, 0.29) is 23.8 Å². The Morgan fingerprint density at radius 1 is 1.03 bits per heavy atom. The van der Waals surface area contributed by atoms with Crippen molar-refractivity contribution < 1.29 is 14.4 Å². The van der Waals surface area contributed by atoms with E-state index < -0.39 is 0 Å². The summed E-state index contributed by atoms with van der Waals surface area (Å²) in [5, 5.41) is 3.04. The Morgan fingerprint density at radius 3 is 2.55 bits per heavy atom. The first-order valence-corrected chi connectivity index (χ1v) is 10.1. The first kappa shape index (κ1) is 19.3. The molecule has 0 spiro atoms. The zero-order chi connectivity index (χ0) is 20.4. The molecule has 29 heavy (non-hydrogen) atoms. The highest BCUT2D eigenvalue weighted by molar-refractivity contribution is 6.22. The maximum atomic E-state index is 12.8. The zero-order valence-electron chi connectivity index (χ0n) is 16.3. The van der Waals surface area contributed by atoms with Crippen LogP contribution in [0.4, 0.5) is 0 Å². The first-order valence-electron chi connectivity index (χ1n) is 10.1. The Morgan fingerprint density at radius 2 is 1.79 bits per heavy atom. The van der Waals surface area contributed by atoms with Crippen LogP contribution in [0.25, 0.3) is 0 Å². The second-order valence-electron chi connectivity index (χ2n) is 7.76. The highest BCUT2D eigenvalue weighted by Crippen LogP contribution is 2.27. The van der Waals surface area contributed by atoms with Gasteiger partial charge in [0.15, 0.2) is 0 Å². The summed E-state index contributed by atoms with van der Waals surface area (Å²) in [6.07, 6.45) is 3.60. The normalized spacial score (nSPS) is 20.8. The Balaban J connectivity index is 1.47. The lowest BCUT2D eigenvalue weighted by molar-refractivity contribution is 0.0656. The molecule has 1 aliphatic carbocycles. The number of rotatable bonds is 6. The summed E-state index contributed by atoms with van der Waals surface area (Å²) in [5.41, 5.74) is 7.92. The van der Waals surface area contributed by atoms with Gasteiger partial charge in [0.05, 0.1) is 11.1 Å². The Labute approximate surface area is 170 Å². The third kappa shape index (κ3) is 3.80. The second kappa shape index (κ2) is 8.17. The number of hydrogen-bond acceptors (Lipinski definition) is 4. The molecule has 0 aromatic heterocycles. The number of imide groups is 1. The molecule has 4 rings (SSSR count). The fourth-order valence-electron chi connectivity index (χ4n) is 4.28. The number of nitrogens with one attached hydrogen (secondary N) is 1. The number of carbonyl (C=O) groups is 3. The molecule has 0 bridgehead atoms. The summed E-state index contributed by atoms with van der Waals surface area (Å²) in [5.74, 6) is -0.561. The van der Waals surface area contributed by atoms with Crippen molar-refractivity contribution in [2.75, 3.05) is 13.1 Å². The number of nitrogens with two attached hydrogens (primary N) is 1. The molecule has 1 aliphatic heterocycles. The van der Waals surface area contributed by atoms with Crippen molar-refractivity contribution in [1.29, 1.82) is 0 Å². The van der Waals surface area contributed by atoms with E-state index in [0.717, 1.165) is 24.8 Å². The molecule has 2 aromatic carbocycles. The number of amides is 3. The molecule has 3 amide bonds. The van der Waals surface area contributed by atoms with Crippen LogP contribution in [-0.2, 0) is 6.42 Å². The minimum Gasteiger partial charge on any atom is -0.349 e. The molecule has 6 nitrogen and oxygen atoms in total. The maximum Gasteiger partial charge on any atom is 0.261 e. The number of nitrogens with zero attached hydrogens (tertiary/aromatic N) is 1. The lowest BCUT2D eigenvalue weighted by Crippen LogP contribution is -2.39. The molecule has 0 saturated heterocycles. The molecule has 2 aliphatic rings. The minimum absolute atomic E-state index is 0.0699. The van der Waals surface area contributed by atoms with Gasteiger partial charge in [-0.1, -0.05) is 36.8 Å². The molecule has 1 heterocycles. The number of carbonyl (C=O) groups excluding carboxylic acids is 3. The van der Waals surface area contributed by atoms with Crippen LogP contribution in [0.2, 0.25) is 0 Å². The smallest absolute Gasteiger partial charge is 0.261 e. The molecule has 150 valence electrons. The maximum absolute atomic E-state index is 12.8. The second-order valence-corrected chi connectivity index (χ2v) is 7.76. The van der Waals surface area contributed by atoms with Crippen molar-refractivity contribution in [3.63, 3.8) is 0 Å². The van der Waals surface area contributed by atoms with E-state index in [1.54, 1.807) is 18.2 Å². The van der Waals surface area contributed by atoms with Crippen LogP contribution in [0.5, 0.6) is 0 Å². The Kier molecular flexibility index (Phi) is 5.45. The van der Waals surface area contributed by atoms with Crippen molar-refractivity contribution in [2.45, 2.75) is 31.7 Å². The molecule has 2 aromatic rings. The third-order valence-corrected chi connectivity index (χ3v) is 5.98. The van der Waals surface area contributed by atoms with Crippen molar-refractivity contribution >= 4 is 17.7 Å². The average Bonchev–Trinajstić information content (AvgIpc) is 3.29. The standard InChI is InChI=1S/C23H25N3O3/c24-14-17-7-4-8-20(17)25-21(27)16-9-10-18-19(13-16)23(29)26(22(18)28)12-11-15-5-2-1-3-6-15/h1-3,5-6,9-10,13,17,20H,4,7-8,11-12,14,24H2,(H,25,27). The van der Waals surface area contributed by atoms with E-state index in [1.165, 1.54) is 4.90 Å². The lowest BCUT2D eigenvalue weighted by atomic mass is 10.0. The van der Waals surface area contributed by atoms with Gasteiger partial charge in [-0.25, -0.2) is 0 Å². The summed E-state index contributed by atoms with van der Waals surface area (Å²) in [4.78, 5) is 39.4. The van der Waals surface area contributed by atoms with Gasteiger partial charge in [-0.3, -0.25) is 19.3 Å². The van der Waals surface area contributed by atoms with Crippen LogP contribution in [0.3, 0.4) is 0 Å². The van der Waals surface area contributed by atoms with Gasteiger partial charge in [0.25, 0.3) is 17.7 Å². The molecule has 0 radical (unpaired) electrons. The molecule has 1 saturated carbocycles. The van der Waals surface area contributed by atoms with Crippen molar-refractivity contribution in [3.05, 3.63) is 70.8 Å². The van der Waals surface area contributed by atoms with Crippen LogP contribution in [0.15, 0.2) is 48.5 Å². The SMILES string of the molecule is NCC1CCCC1NC(=O)c1ccc2c(c1)C(=O)N(CCc1ccccc1)C2=O. The lowest BCUT2D eigenvalue weighted by Gasteiger charge is -2.19. The molecule has 2 atom stereocenters. The van der Waals surface area contributed by atoms with Crippen LogP contribution in [0.1, 0.15) is 55.9 Å². The van der Waals surface area contributed by atoms with Gasteiger partial charge in [0.1, 0.15) is 0 Å². The summed E-state index contributed by atoms with van der Waals surface area (Å²) in [7, 11) is 0. The van der Waals surface area contributed by atoms with Crippen LogP contribution >= 0.6 is 0 Å². The molecule has 6 heteroatoms. The highest BCUT2D eigenvalue weighted by Gasteiger charge is 2.36. The predicted molar refractivity (Wildman–Crippen MR) is 110 cm³/mol. The molecule has 3 N–H and O–H groups in total. The van der Waals surface area contributed by atoms with E-state index in [4.69, 9.17) is 5.73 Å².